The van der Waals surface area contributed by atoms with Crippen LogP contribution in [0.4, 0.5) is 0 Å². The Morgan fingerprint density at radius 1 is 0.438 bits per heavy atom. The molecule has 302 valence electrons. The maximum atomic E-state index is 6.73. The van der Waals surface area contributed by atoms with Crippen molar-refractivity contribution < 1.29 is 4.42 Å². The Labute approximate surface area is 369 Å². The van der Waals surface area contributed by atoms with E-state index in [2.05, 4.69) is 179 Å². The summed E-state index contributed by atoms with van der Waals surface area (Å²) < 4.78 is 11.5. The van der Waals surface area contributed by atoms with Gasteiger partial charge in [-0.25, -0.2) is 9.98 Å². The number of aromatic nitrogens is 2. The number of fused-ring (bicyclic) bond motifs is 9. The molecule has 0 aliphatic rings. The van der Waals surface area contributed by atoms with Gasteiger partial charge in [0.25, 0.3) is 0 Å². The van der Waals surface area contributed by atoms with Crippen LogP contribution in [-0.4, -0.2) is 27.5 Å². The molecule has 0 saturated carbocycles. The van der Waals surface area contributed by atoms with Crippen molar-refractivity contribution in [2.45, 2.75) is 6.54 Å². The summed E-state index contributed by atoms with van der Waals surface area (Å²) in [6.45, 7) is 4.31. The van der Waals surface area contributed by atoms with Gasteiger partial charge in [0.15, 0.2) is 11.7 Å². The number of amidine groups is 2. The molecule has 0 saturated heterocycles. The van der Waals surface area contributed by atoms with E-state index < -0.39 is 0 Å². The minimum atomic E-state index is 0.447. The van der Waals surface area contributed by atoms with Crippen molar-refractivity contribution >= 4 is 83.9 Å². The van der Waals surface area contributed by atoms with Crippen molar-refractivity contribution in [1.82, 2.24) is 9.13 Å². The molecule has 0 spiro atoms. The van der Waals surface area contributed by atoms with Crippen LogP contribution >= 0.6 is 0 Å². The SMILES string of the molecule is C=N/C(=N\C(=N/Cc1ccccc1)c1cccc2c1oc1ccc(-n3c4ccccc4c4cc(-c5ccc6c(c5)c5ccccc5n6-c5ccccc5)ccc43)cc12)c1ccccc1. The largest absolute Gasteiger partial charge is 0.455 e. The third-order valence-corrected chi connectivity index (χ3v) is 12.3. The monoisotopic (exact) mass is 821 g/mol. The molecule has 6 heteroatoms. The number of nitrogens with zero attached hydrogens (tertiary/aromatic N) is 5. The van der Waals surface area contributed by atoms with Gasteiger partial charge < -0.3 is 13.6 Å². The molecule has 0 fully saturated rings. The Bertz CT molecular complexity index is 3820. The van der Waals surface area contributed by atoms with Crippen molar-refractivity contribution in [2.24, 2.45) is 15.0 Å². The van der Waals surface area contributed by atoms with E-state index in [1.807, 2.05) is 54.6 Å². The summed E-state index contributed by atoms with van der Waals surface area (Å²) in [5, 5.41) is 6.86. The lowest BCUT2D eigenvalue weighted by molar-refractivity contribution is 0.668. The zero-order valence-corrected chi connectivity index (χ0v) is 34.8. The van der Waals surface area contributed by atoms with E-state index in [1.165, 1.54) is 43.7 Å². The molecule has 0 radical (unpaired) electrons. The molecule has 0 amide bonds. The lowest BCUT2D eigenvalue weighted by Crippen LogP contribution is -2.06. The Morgan fingerprint density at radius 3 is 1.66 bits per heavy atom. The first-order chi connectivity index (χ1) is 31.7. The van der Waals surface area contributed by atoms with Gasteiger partial charge in [0, 0.05) is 49.3 Å². The molecular formula is C58H39N5O. The van der Waals surface area contributed by atoms with Crippen LogP contribution < -0.4 is 0 Å². The highest BCUT2D eigenvalue weighted by Gasteiger charge is 2.20. The predicted octanol–water partition coefficient (Wildman–Crippen LogP) is 14.5. The van der Waals surface area contributed by atoms with Gasteiger partial charge in [0.05, 0.1) is 34.2 Å². The zero-order chi connectivity index (χ0) is 42.6. The number of aliphatic imine (C=N–C) groups is 3. The molecular weight excluding hydrogens is 783 g/mol. The lowest BCUT2D eigenvalue weighted by Gasteiger charge is -2.09. The average Bonchev–Trinajstić information content (AvgIpc) is 4.02. The van der Waals surface area contributed by atoms with Gasteiger partial charge in [-0.1, -0.05) is 140 Å². The Hall–Kier alpha value is -8.61. The van der Waals surface area contributed by atoms with Gasteiger partial charge in [-0.05, 0) is 96.2 Å². The van der Waals surface area contributed by atoms with Crippen LogP contribution in [0.3, 0.4) is 0 Å². The minimum Gasteiger partial charge on any atom is -0.455 e. The van der Waals surface area contributed by atoms with Crippen molar-refractivity contribution in [3.63, 3.8) is 0 Å². The van der Waals surface area contributed by atoms with Crippen LogP contribution in [0.1, 0.15) is 16.7 Å². The summed E-state index contributed by atoms with van der Waals surface area (Å²) in [4.78, 5) is 14.4. The highest BCUT2D eigenvalue weighted by molar-refractivity contribution is 6.19. The van der Waals surface area contributed by atoms with Gasteiger partial charge in [0.2, 0.25) is 0 Å². The molecule has 0 N–H and O–H groups in total. The molecule has 3 aromatic heterocycles. The van der Waals surface area contributed by atoms with Crippen LogP contribution in [0, 0.1) is 0 Å². The standard InChI is InChI=1S/C58H39N5O/c1-59-57(39-18-7-3-8-19-39)61-58(60-37-38-16-5-2-6-17-38)47-25-15-24-46-50-36-43(30-33-55(50)64-56(46)47)63-52-27-14-12-23-45(52)49-35-41(29-32-54(49)63)40-28-31-53-48(34-40)44-22-11-13-26-51(44)62(53)42-20-9-4-10-21-42/h2-36H,1,37H2/b60-58-,61-57-. The van der Waals surface area contributed by atoms with Gasteiger partial charge in [-0.2, -0.15) is 0 Å². The highest BCUT2D eigenvalue weighted by Crippen LogP contribution is 2.40. The molecule has 0 bridgehead atoms. The van der Waals surface area contributed by atoms with Crippen molar-refractivity contribution in [3.05, 3.63) is 229 Å². The summed E-state index contributed by atoms with van der Waals surface area (Å²) in [7, 11) is 0. The second-order valence-corrected chi connectivity index (χ2v) is 16.1. The van der Waals surface area contributed by atoms with Crippen LogP contribution in [0.2, 0.25) is 0 Å². The van der Waals surface area contributed by atoms with Gasteiger partial charge in [0.1, 0.15) is 11.2 Å². The van der Waals surface area contributed by atoms with Crippen LogP contribution in [0.25, 0.3) is 88.1 Å². The Kier molecular flexibility index (Phi) is 8.94. The third-order valence-electron chi connectivity index (χ3n) is 12.3. The van der Waals surface area contributed by atoms with Gasteiger partial charge >= 0.3 is 0 Å². The highest BCUT2D eigenvalue weighted by atomic mass is 16.3. The molecule has 0 atom stereocenters. The summed E-state index contributed by atoms with van der Waals surface area (Å²) in [5.74, 6) is 1.02. The van der Waals surface area contributed by atoms with E-state index in [0.29, 0.717) is 18.2 Å². The van der Waals surface area contributed by atoms with E-state index in [9.17, 15) is 0 Å². The minimum absolute atomic E-state index is 0.447. The molecule has 3 heterocycles. The van der Waals surface area contributed by atoms with E-state index in [0.717, 1.165) is 61.0 Å². The fourth-order valence-corrected chi connectivity index (χ4v) is 9.35. The number of rotatable bonds is 7. The second kappa shape index (κ2) is 15.4. The summed E-state index contributed by atoms with van der Waals surface area (Å²) in [6, 6.07) is 74.5. The first kappa shape index (κ1) is 37.2. The lowest BCUT2D eigenvalue weighted by atomic mass is 10.0. The van der Waals surface area contributed by atoms with Crippen molar-refractivity contribution in [2.75, 3.05) is 0 Å². The Balaban J connectivity index is 0.980. The fourth-order valence-electron chi connectivity index (χ4n) is 9.35. The van der Waals surface area contributed by atoms with Gasteiger partial charge in [-0.3, -0.25) is 4.99 Å². The summed E-state index contributed by atoms with van der Waals surface area (Å²) in [5.41, 5.74) is 13.5. The Morgan fingerprint density at radius 2 is 1.00 bits per heavy atom. The number of para-hydroxylation sites is 4. The normalized spacial score (nSPS) is 12.4. The maximum Gasteiger partial charge on any atom is 0.161 e. The summed E-state index contributed by atoms with van der Waals surface area (Å²) in [6.07, 6.45) is 0. The average molecular weight is 822 g/mol. The first-order valence-corrected chi connectivity index (χ1v) is 21.5. The van der Waals surface area contributed by atoms with E-state index in [-0.39, 0.29) is 0 Å². The maximum absolute atomic E-state index is 6.73. The van der Waals surface area contributed by atoms with E-state index in [1.54, 1.807) is 0 Å². The smallest absolute Gasteiger partial charge is 0.161 e. The number of hydrogen-bond donors (Lipinski definition) is 0. The van der Waals surface area contributed by atoms with Crippen LogP contribution in [-0.2, 0) is 6.54 Å². The number of hydrogen-bond acceptors (Lipinski definition) is 2. The molecule has 0 aliphatic heterocycles. The first-order valence-electron chi connectivity index (χ1n) is 21.5. The molecule has 0 unspecified atom stereocenters. The second-order valence-electron chi connectivity index (χ2n) is 16.1. The third kappa shape index (κ3) is 6.23. The molecule has 0 aliphatic carbocycles. The predicted molar refractivity (Wildman–Crippen MR) is 267 cm³/mol. The van der Waals surface area contributed by atoms with E-state index in [4.69, 9.17) is 14.4 Å². The summed E-state index contributed by atoms with van der Waals surface area (Å²) >= 11 is 0. The van der Waals surface area contributed by atoms with E-state index >= 15 is 0 Å². The molecule has 64 heavy (non-hydrogen) atoms. The quantitative estimate of drug-likeness (QED) is 0.117. The molecule has 12 aromatic rings. The van der Waals surface area contributed by atoms with Crippen LogP contribution in [0.5, 0.6) is 0 Å². The van der Waals surface area contributed by atoms with Crippen molar-refractivity contribution in [3.8, 4) is 22.5 Å². The zero-order valence-electron chi connectivity index (χ0n) is 34.8. The van der Waals surface area contributed by atoms with Crippen molar-refractivity contribution in [1.29, 1.82) is 0 Å². The van der Waals surface area contributed by atoms with Crippen LogP contribution in [0.15, 0.2) is 232 Å². The molecule has 12 rings (SSSR count). The molecule has 6 nitrogen and oxygen atoms in total. The van der Waals surface area contributed by atoms with Gasteiger partial charge in [-0.15, -0.1) is 0 Å². The topological polar surface area (TPSA) is 60.1 Å². The fraction of sp³-hybridized carbons (Fsp3) is 0.0172. The number of benzene rings is 9. The number of furan rings is 1. The molecule has 9 aromatic carbocycles.